The van der Waals surface area contributed by atoms with Crippen molar-refractivity contribution in [1.29, 1.82) is 0 Å². The summed E-state index contributed by atoms with van der Waals surface area (Å²) in [6.07, 6.45) is 1.72. The van der Waals surface area contributed by atoms with Crippen LogP contribution in [0.5, 0.6) is 0 Å². The van der Waals surface area contributed by atoms with Crippen LogP contribution in [0.15, 0.2) is 64.6 Å². The predicted octanol–water partition coefficient (Wildman–Crippen LogP) is 4.87. The molecule has 0 fully saturated rings. The molecule has 7 nitrogen and oxygen atoms in total. The zero-order valence-corrected chi connectivity index (χ0v) is 16.3. The monoisotopic (exact) mass is 401 g/mol. The van der Waals surface area contributed by atoms with E-state index in [1.54, 1.807) is 6.07 Å². The summed E-state index contributed by atoms with van der Waals surface area (Å²) in [6.45, 7) is 1.82. The molecule has 0 spiro atoms. The fraction of sp³-hybridized carbons (Fsp3) is 0.174. The average Bonchev–Trinajstić information content (AvgIpc) is 3.22. The van der Waals surface area contributed by atoms with E-state index in [-0.39, 0.29) is 17.8 Å². The first-order chi connectivity index (χ1) is 14.5. The molecule has 2 heterocycles. The number of nitro groups is 1. The summed E-state index contributed by atoms with van der Waals surface area (Å²) in [4.78, 5) is 23.0. The van der Waals surface area contributed by atoms with Crippen molar-refractivity contribution in [1.82, 2.24) is 10.6 Å². The summed E-state index contributed by atoms with van der Waals surface area (Å²) in [5.41, 5.74) is 5.81. The largest absolute Gasteiger partial charge is 0.459 e. The Morgan fingerprint density at radius 1 is 1.07 bits per heavy atom. The summed E-state index contributed by atoms with van der Waals surface area (Å²) in [6, 6.07) is 15.9. The normalized spacial score (nSPS) is 17.6. The molecule has 150 valence electrons. The second-order valence-corrected chi connectivity index (χ2v) is 7.55. The smallest absolute Gasteiger partial charge is 0.320 e. The Morgan fingerprint density at radius 2 is 1.90 bits per heavy atom. The second-order valence-electron chi connectivity index (χ2n) is 7.55. The van der Waals surface area contributed by atoms with E-state index in [1.165, 1.54) is 17.7 Å². The highest BCUT2D eigenvalue weighted by molar-refractivity contribution is 5.91. The van der Waals surface area contributed by atoms with Crippen LogP contribution >= 0.6 is 0 Å². The fourth-order valence-electron chi connectivity index (χ4n) is 4.29. The van der Waals surface area contributed by atoms with E-state index in [0.29, 0.717) is 11.5 Å². The molecule has 2 amide bonds. The van der Waals surface area contributed by atoms with Gasteiger partial charge in [-0.15, -0.1) is 0 Å². The van der Waals surface area contributed by atoms with Gasteiger partial charge in [0.15, 0.2) is 0 Å². The summed E-state index contributed by atoms with van der Waals surface area (Å²) >= 11 is 0. The van der Waals surface area contributed by atoms with Gasteiger partial charge in [0.2, 0.25) is 0 Å². The lowest BCUT2D eigenvalue weighted by Gasteiger charge is -2.33. The van der Waals surface area contributed by atoms with E-state index < -0.39 is 4.92 Å². The Bertz CT molecular complexity index is 1220. The zero-order chi connectivity index (χ0) is 20.8. The van der Waals surface area contributed by atoms with Crippen LogP contribution in [0.2, 0.25) is 0 Å². The molecule has 1 aromatic heterocycles. The fourth-order valence-corrected chi connectivity index (χ4v) is 4.29. The maximum Gasteiger partial charge on any atom is 0.320 e. The van der Waals surface area contributed by atoms with Crippen LogP contribution in [0.1, 0.15) is 34.9 Å². The van der Waals surface area contributed by atoms with Crippen molar-refractivity contribution in [2.45, 2.75) is 25.8 Å². The van der Waals surface area contributed by atoms with Gasteiger partial charge in [-0.25, -0.2) is 4.79 Å². The van der Waals surface area contributed by atoms with Crippen molar-refractivity contribution in [2.75, 3.05) is 0 Å². The van der Waals surface area contributed by atoms with Crippen molar-refractivity contribution < 1.29 is 14.1 Å². The Kier molecular flexibility index (Phi) is 4.17. The molecule has 0 saturated carbocycles. The van der Waals surface area contributed by atoms with Gasteiger partial charge in [0.25, 0.3) is 5.69 Å². The van der Waals surface area contributed by atoms with Crippen molar-refractivity contribution in [3.8, 4) is 11.3 Å². The molecule has 30 heavy (non-hydrogen) atoms. The highest BCUT2D eigenvalue weighted by Gasteiger charge is 2.33. The number of benzene rings is 2. The average molecular weight is 401 g/mol. The van der Waals surface area contributed by atoms with Crippen molar-refractivity contribution in [3.05, 3.63) is 92.7 Å². The number of furan rings is 1. The van der Waals surface area contributed by atoms with E-state index in [2.05, 4.69) is 16.7 Å². The highest BCUT2D eigenvalue weighted by atomic mass is 16.6. The van der Waals surface area contributed by atoms with Crippen molar-refractivity contribution in [3.63, 3.8) is 0 Å². The molecular formula is C23H19N3O4. The first-order valence-corrected chi connectivity index (χ1v) is 9.75. The van der Waals surface area contributed by atoms with Crippen LogP contribution in [0.25, 0.3) is 17.0 Å². The maximum atomic E-state index is 12.4. The number of carbonyl (C=O) groups is 1. The third-order valence-corrected chi connectivity index (χ3v) is 5.73. The molecule has 1 aliphatic carbocycles. The molecule has 1 aliphatic heterocycles. The molecule has 3 aromatic rings. The quantitative estimate of drug-likeness (QED) is 0.483. The van der Waals surface area contributed by atoms with Gasteiger partial charge in [0, 0.05) is 23.3 Å². The third kappa shape index (κ3) is 2.95. The molecular weight excluding hydrogens is 382 g/mol. The summed E-state index contributed by atoms with van der Waals surface area (Å²) in [5.74, 6) is 1.26. The maximum absolute atomic E-state index is 12.4. The SMILES string of the molecule is Cc1cc([N+](=O)[O-])ccc1-c1ccc(C2NC(=O)NC3=C2CCc2ccccc23)o1. The van der Waals surface area contributed by atoms with Gasteiger partial charge in [0.1, 0.15) is 17.6 Å². The Hall–Kier alpha value is -3.87. The van der Waals surface area contributed by atoms with Crippen LogP contribution < -0.4 is 10.6 Å². The first-order valence-electron chi connectivity index (χ1n) is 9.75. The van der Waals surface area contributed by atoms with E-state index >= 15 is 0 Å². The van der Waals surface area contributed by atoms with Gasteiger partial charge in [-0.1, -0.05) is 24.3 Å². The number of rotatable bonds is 3. The number of non-ortho nitro benzene ring substituents is 1. The molecule has 2 N–H and O–H groups in total. The minimum Gasteiger partial charge on any atom is -0.459 e. The van der Waals surface area contributed by atoms with E-state index in [1.807, 2.05) is 37.3 Å². The molecule has 7 heteroatoms. The van der Waals surface area contributed by atoms with Gasteiger partial charge in [-0.05, 0) is 54.7 Å². The number of fused-ring (bicyclic) bond motifs is 2. The Balaban J connectivity index is 1.54. The van der Waals surface area contributed by atoms with Crippen molar-refractivity contribution >= 4 is 17.4 Å². The lowest BCUT2D eigenvalue weighted by Crippen LogP contribution is -2.44. The van der Waals surface area contributed by atoms with Crippen molar-refractivity contribution in [2.24, 2.45) is 0 Å². The number of hydrogen-bond donors (Lipinski definition) is 2. The number of hydrogen-bond acceptors (Lipinski definition) is 4. The lowest BCUT2D eigenvalue weighted by molar-refractivity contribution is -0.384. The van der Waals surface area contributed by atoms with Gasteiger partial charge in [-0.2, -0.15) is 0 Å². The zero-order valence-electron chi connectivity index (χ0n) is 16.3. The minimum absolute atomic E-state index is 0.0457. The number of nitrogens with zero attached hydrogens (tertiary/aromatic N) is 1. The minimum atomic E-state index is -0.413. The topological polar surface area (TPSA) is 97.4 Å². The van der Waals surface area contributed by atoms with Crippen LogP contribution in [0, 0.1) is 17.0 Å². The standard InChI is InChI=1S/C23H19N3O4/c1-13-12-15(26(28)29)7-9-16(13)19-10-11-20(30-19)22-18-8-6-14-4-2-3-5-17(14)21(18)24-23(27)25-22/h2-5,7,9-12,22H,6,8H2,1H3,(H2,24,25,27). The molecule has 0 bridgehead atoms. The van der Waals surface area contributed by atoms with Gasteiger partial charge in [-0.3, -0.25) is 10.1 Å². The van der Waals surface area contributed by atoms with E-state index in [0.717, 1.165) is 40.8 Å². The summed E-state index contributed by atoms with van der Waals surface area (Å²) in [5, 5.41) is 16.9. The third-order valence-electron chi connectivity index (χ3n) is 5.73. The highest BCUT2D eigenvalue weighted by Crippen LogP contribution is 2.40. The molecule has 2 aromatic carbocycles. The van der Waals surface area contributed by atoms with Gasteiger partial charge in [0.05, 0.1) is 10.6 Å². The number of amides is 2. The predicted molar refractivity (Wildman–Crippen MR) is 112 cm³/mol. The molecule has 5 rings (SSSR count). The molecule has 0 saturated heterocycles. The summed E-state index contributed by atoms with van der Waals surface area (Å²) < 4.78 is 6.13. The molecule has 2 aliphatic rings. The summed E-state index contributed by atoms with van der Waals surface area (Å²) in [7, 11) is 0. The van der Waals surface area contributed by atoms with E-state index in [4.69, 9.17) is 4.42 Å². The Labute approximate surface area is 172 Å². The lowest BCUT2D eigenvalue weighted by atomic mass is 9.84. The van der Waals surface area contributed by atoms with Crippen LogP contribution in [-0.2, 0) is 6.42 Å². The van der Waals surface area contributed by atoms with Gasteiger partial charge >= 0.3 is 6.03 Å². The molecule has 0 radical (unpaired) electrons. The molecule has 1 atom stereocenters. The Morgan fingerprint density at radius 3 is 2.70 bits per heavy atom. The second kappa shape index (κ2) is 6.88. The van der Waals surface area contributed by atoms with Crippen LogP contribution in [0.3, 0.4) is 0 Å². The van der Waals surface area contributed by atoms with Gasteiger partial charge < -0.3 is 15.1 Å². The first kappa shape index (κ1) is 18.2. The number of aryl methyl sites for hydroxylation is 2. The molecule has 1 unspecified atom stereocenters. The number of nitrogens with one attached hydrogen (secondary N) is 2. The number of carbonyl (C=O) groups excluding carboxylic acids is 1. The number of nitro benzene ring substituents is 1. The van der Waals surface area contributed by atoms with Crippen LogP contribution in [-0.4, -0.2) is 11.0 Å². The van der Waals surface area contributed by atoms with E-state index in [9.17, 15) is 14.9 Å². The number of urea groups is 1. The van der Waals surface area contributed by atoms with Crippen LogP contribution in [0.4, 0.5) is 10.5 Å².